The number of aromatic nitrogens is 2. The first kappa shape index (κ1) is 17.0. The van der Waals surface area contributed by atoms with Gasteiger partial charge in [0.15, 0.2) is 0 Å². The maximum Gasteiger partial charge on any atom is 0.239 e. The minimum Gasteiger partial charge on any atom is -0.310 e. The first-order valence-electron chi connectivity index (χ1n) is 8.33. The van der Waals surface area contributed by atoms with E-state index in [9.17, 15) is 4.79 Å². The van der Waals surface area contributed by atoms with Crippen molar-refractivity contribution in [2.24, 2.45) is 0 Å². The highest BCUT2D eigenvalue weighted by Crippen LogP contribution is 2.12. The highest BCUT2D eigenvalue weighted by atomic mass is 16.2. The van der Waals surface area contributed by atoms with Crippen molar-refractivity contribution in [2.75, 3.05) is 45.1 Å². The molecule has 6 nitrogen and oxygen atoms in total. The maximum absolute atomic E-state index is 12.3. The van der Waals surface area contributed by atoms with Gasteiger partial charge in [0.25, 0.3) is 0 Å². The number of rotatable bonds is 6. The van der Waals surface area contributed by atoms with Crippen molar-refractivity contribution >= 4 is 11.7 Å². The normalized spacial score (nSPS) is 17.4. The average molecular weight is 307 g/mol. The van der Waals surface area contributed by atoms with Gasteiger partial charge in [-0.25, -0.2) is 4.68 Å². The Labute approximate surface area is 133 Å². The molecule has 22 heavy (non-hydrogen) atoms. The molecule has 0 spiro atoms. The van der Waals surface area contributed by atoms with Crippen LogP contribution < -0.4 is 5.32 Å². The Balaban J connectivity index is 1.88. The molecule has 1 aromatic heterocycles. The quantitative estimate of drug-likeness (QED) is 0.867. The minimum atomic E-state index is 0.0576. The summed E-state index contributed by atoms with van der Waals surface area (Å²) in [7, 11) is 2.14. The van der Waals surface area contributed by atoms with E-state index in [-0.39, 0.29) is 5.91 Å². The van der Waals surface area contributed by atoms with Crippen molar-refractivity contribution in [2.45, 2.75) is 39.7 Å². The molecule has 0 unspecified atom stereocenters. The van der Waals surface area contributed by atoms with E-state index in [2.05, 4.69) is 34.2 Å². The SMILES string of the molecule is CCCCn1nc(C)cc1NC(=O)CN1CCCN(C)CC1. The highest BCUT2D eigenvalue weighted by molar-refractivity contribution is 5.91. The minimum absolute atomic E-state index is 0.0576. The van der Waals surface area contributed by atoms with Crippen LogP contribution in [0, 0.1) is 6.92 Å². The molecule has 1 aliphatic heterocycles. The molecule has 1 N–H and O–H groups in total. The molecule has 124 valence electrons. The lowest BCUT2D eigenvalue weighted by Crippen LogP contribution is -2.36. The second-order valence-electron chi connectivity index (χ2n) is 6.23. The lowest BCUT2D eigenvalue weighted by atomic mass is 10.3. The average Bonchev–Trinajstić information content (AvgIpc) is 2.68. The zero-order valence-electron chi connectivity index (χ0n) is 14.1. The van der Waals surface area contributed by atoms with Crippen LogP contribution in [0.5, 0.6) is 0 Å². The summed E-state index contributed by atoms with van der Waals surface area (Å²) < 4.78 is 1.91. The number of amides is 1. The number of hydrogen-bond acceptors (Lipinski definition) is 4. The number of carbonyl (C=O) groups is 1. The molecule has 0 bridgehead atoms. The van der Waals surface area contributed by atoms with E-state index in [1.54, 1.807) is 0 Å². The zero-order chi connectivity index (χ0) is 15.9. The van der Waals surface area contributed by atoms with Crippen LogP contribution in [0.1, 0.15) is 31.9 Å². The van der Waals surface area contributed by atoms with Gasteiger partial charge in [-0.2, -0.15) is 5.10 Å². The van der Waals surface area contributed by atoms with Crippen LogP contribution in [-0.2, 0) is 11.3 Å². The van der Waals surface area contributed by atoms with Crippen molar-refractivity contribution in [3.63, 3.8) is 0 Å². The molecule has 1 fully saturated rings. The van der Waals surface area contributed by atoms with Crippen molar-refractivity contribution in [3.05, 3.63) is 11.8 Å². The van der Waals surface area contributed by atoms with Crippen molar-refractivity contribution in [3.8, 4) is 0 Å². The van der Waals surface area contributed by atoms with E-state index in [1.807, 2.05) is 17.7 Å². The molecular formula is C16H29N5O. The number of hydrogen-bond donors (Lipinski definition) is 1. The molecule has 0 atom stereocenters. The van der Waals surface area contributed by atoms with Gasteiger partial charge in [0.1, 0.15) is 5.82 Å². The first-order valence-corrected chi connectivity index (χ1v) is 8.33. The van der Waals surface area contributed by atoms with E-state index in [0.717, 1.165) is 63.5 Å². The van der Waals surface area contributed by atoms with Crippen molar-refractivity contribution < 1.29 is 4.79 Å². The summed E-state index contributed by atoms with van der Waals surface area (Å²) in [5.74, 6) is 0.880. The third kappa shape index (κ3) is 5.10. The fraction of sp³-hybridized carbons (Fsp3) is 0.750. The molecule has 6 heteroatoms. The van der Waals surface area contributed by atoms with E-state index in [1.165, 1.54) is 0 Å². The number of nitrogens with zero attached hydrogens (tertiary/aromatic N) is 4. The van der Waals surface area contributed by atoms with Crippen LogP contribution in [-0.4, -0.2) is 65.3 Å². The molecule has 0 aliphatic carbocycles. The van der Waals surface area contributed by atoms with E-state index < -0.39 is 0 Å². The van der Waals surface area contributed by atoms with Crippen molar-refractivity contribution in [1.29, 1.82) is 0 Å². The molecule has 0 saturated carbocycles. The molecule has 1 aliphatic rings. The van der Waals surface area contributed by atoms with Gasteiger partial charge in [0.2, 0.25) is 5.91 Å². The van der Waals surface area contributed by atoms with Gasteiger partial charge < -0.3 is 10.2 Å². The molecule has 2 rings (SSSR count). The first-order chi connectivity index (χ1) is 10.6. The largest absolute Gasteiger partial charge is 0.310 e. The Morgan fingerprint density at radius 1 is 1.32 bits per heavy atom. The fourth-order valence-electron chi connectivity index (χ4n) is 2.77. The topological polar surface area (TPSA) is 53.4 Å². The Hall–Kier alpha value is -1.40. The molecule has 2 heterocycles. The zero-order valence-corrected chi connectivity index (χ0v) is 14.1. The number of nitrogens with one attached hydrogen (secondary N) is 1. The van der Waals surface area contributed by atoms with Crippen LogP contribution in [0.4, 0.5) is 5.82 Å². The standard InChI is InChI=1S/C16H29N5O/c1-4-5-9-21-15(12-14(2)18-21)17-16(22)13-20-8-6-7-19(3)10-11-20/h12H,4-11,13H2,1-3H3,(H,17,22). The third-order valence-corrected chi connectivity index (χ3v) is 4.07. The van der Waals surface area contributed by atoms with Gasteiger partial charge in [-0.15, -0.1) is 0 Å². The van der Waals surface area contributed by atoms with Gasteiger partial charge >= 0.3 is 0 Å². The summed E-state index contributed by atoms with van der Waals surface area (Å²) >= 11 is 0. The van der Waals surface area contributed by atoms with Crippen LogP contribution in [0.15, 0.2) is 6.07 Å². The van der Waals surface area contributed by atoms with Gasteiger partial charge in [0.05, 0.1) is 12.2 Å². The summed E-state index contributed by atoms with van der Waals surface area (Å²) in [5.41, 5.74) is 0.947. The highest BCUT2D eigenvalue weighted by Gasteiger charge is 2.16. The van der Waals surface area contributed by atoms with E-state index in [4.69, 9.17) is 0 Å². The van der Waals surface area contributed by atoms with E-state index in [0.29, 0.717) is 6.54 Å². The van der Waals surface area contributed by atoms with Gasteiger partial charge in [-0.05, 0) is 39.9 Å². The Bertz CT molecular complexity index is 485. The summed E-state index contributed by atoms with van der Waals surface area (Å²) in [4.78, 5) is 16.9. The second kappa shape index (κ2) is 8.29. The third-order valence-electron chi connectivity index (χ3n) is 4.07. The molecule has 0 radical (unpaired) electrons. The molecule has 1 amide bonds. The van der Waals surface area contributed by atoms with Gasteiger partial charge in [-0.1, -0.05) is 13.3 Å². The Kier molecular flexibility index (Phi) is 6.39. The number of aryl methyl sites for hydroxylation is 2. The summed E-state index contributed by atoms with van der Waals surface area (Å²) in [5, 5.41) is 7.48. The van der Waals surface area contributed by atoms with Crippen LogP contribution >= 0.6 is 0 Å². The Morgan fingerprint density at radius 2 is 2.14 bits per heavy atom. The second-order valence-corrected chi connectivity index (χ2v) is 6.23. The maximum atomic E-state index is 12.3. The van der Waals surface area contributed by atoms with Crippen LogP contribution in [0.2, 0.25) is 0 Å². The Morgan fingerprint density at radius 3 is 2.91 bits per heavy atom. The number of unbranched alkanes of at least 4 members (excludes halogenated alkanes) is 1. The summed E-state index contributed by atoms with van der Waals surface area (Å²) in [6.07, 6.45) is 3.31. The lowest BCUT2D eigenvalue weighted by molar-refractivity contribution is -0.117. The van der Waals surface area contributed by atoms with Gasteiger partial charge in [-0.3, -0.25) is 9.69 Å². The van der Waals surface area contributed by atoms with Crippen LogP contribution in [0.25, 0.3) is 0 Å². The summed E-state index contributed by atoms with van der Waals surface area (Å²) in [6.45, 7) is 9.53. The molecule has 1 saturated heterocycles. The fourth-order valence-corrected chi connectivity index (χ4v) is 2.77. The monoisotopic (exact) mass is 307 g/mol. The van der Waals surface area contributed by atoms with Crippen molar-refractivity contribution in [1.82, 2.24) is 19.6 Å². The smallest absolute Gasteiger partial charge is 0.239 e. The van der Waals surface area contributed by atoms with Crippen LogP contribution in [0.3, 0.4) is 0 Å². The van der Waals surface area contributed by atoms with E-state index >= 15 is 0 Å². The predicted molar refractivity (Wildman–Crippen MR) is 89.1 cm³/mol. The number of anilines is 1. The molecule has 1 aromatic rings. The predicted octanol–water partition coefficient (Wildman–Crippen LogP) is 1.57. The molecular weight excluding hydrogens is 278 g/mol. The van der Waals surface area contributed by atoms with Gasteiger partial charge in [0, 0.05) is 25.7 Å². The molecule has 0 aromatic carbocycles. The lowest BCUT2D eigenvalue weighted by Gasteiger charge is -2.19. The number of likely N-dealkylation sites (N-methyl/N-ethyl adjacent to an activating group) is 1. The number of carbonyl (C=O) groups excluding carboxylic acids is 1. The summed E-state index contributed by atoms with van der Waals surface area (Å²) in [6, 6.07) is 1.95.